The number of likely N-dealkylation sites (tertiary alicyclic amines) is 1. The smallest absolute Gasteiger partial charge is 0.217 e. The van der Waals surface area contributed by atoms with Crippen LogP contribution in [0, 0.1) is 17.8 Å². The van der Waals surface area contributed by atoms with Crippen LogP contribution >= 0.6 is 0 Å². The molecule has 1 aromatic rings. The second kappa shape index (κ2) is 10.6. The number of halogens is 1. The Balaban J connectivity index is 0.00000289. The second-order valence-corrected chi connectivity index (χ2v) is 10.8. The lowest BCUT2D eigenvalue weighted by Gasteiger charge is -2.33. The number of carbonyl (C=O) groups excluding carboxylic acids is 1. The topological polar surface area (TPSA) is 32.3 Å². The minimum atomic E-state index is 0. The summed E-state index contributed by atoms with van der Waals surface area (Å²) >= 11 is 0. The molecule has 0 bridgehead atoms. The van der Waals surface area contributed by atoms with Crippen molar-refractivity contribution in [3.8, 4) is 0 Å². The van der Waals surface area contributed by atoms with E-state index in [1.807, 2.05) is 0 Å². The average molecular weight is 465 g/mol. The van der Waals surface area contributed by atoms with Crippen LogP contribution in [0.3, 0.4) is 0 Å². The highest BCUT2D eigenvalue weighted by atomic mass is 19.1. The van der Waals surface area contributed by atoms with Crippen LogP contribution in [0.25, 0.3) is 0 Å². The third-order valence-corrected chi connectivity index (χ3v) is 8.41. The number of piperidine rings is 1. The van der Waals surface area contributed by atoms with Gasteiger partial charge in [-0.1, -0.05) is 41.5 Å². The number of carbonyl (C=O) groups is 1. The van der Waals surface area contributed by atoms with Gasteiger partial charge in [0.1, 0.15) is 5.83 Å². The van der Waals surface area contributed by atoms with Crippen LogP contribution in [0.2, 0.25) is 0 Å². The summed E-state index contributed by atoms with van der Waals surface area (Å²) in [6, 6.07) is 6.75. The lowest BCUT2D eigenvalue weighted by molar-refractivity contribution is -0.119. The second-order valence-electron chi connectivity index (χ2n) is 10.8. The summed E-state index contributed by atoms with van der Waals surface area (Å²) in [5, 5.41) is 2.93. The molecule has 1 amide bonds. The quantitative estimate of drug-likeness (QED) is 0.362. The first-order valence-corrected chi connectivity index (χ1v) is 13.4. The highest BCUT2D eigenvalue weighted by molar-refractivity contribution is 5.72. The van der Waals surface area contributed by atoms with E-state index in [0.29, 0.717) is 18.4 Å². The molecule has 0 spiro atoms. The number of nitrogens with one attached hydrogen (secondary N) is 1. The molecule has 0 aromatic heterocycles. The Bertz CT molecular complexity index is 1010. The Hall–Kier alpha value is -2.20. The number of unbranched alkanes of at least 4 members (excludes halogenated alkanes) is 1. The van der Waals surface area contributed by atoms with Crippen LogP contribution in [0.15, 0.2) is 53.4 Å². The summed E-state index contributed by atoms with van der Waals surface area (Å²) in [7, 11) is 0. The number of hydrogen-bond acceptors (Lipinski definition) is 2. The van der Waals surface area contributed by atoms with E-state index in [9.17, 15) is 9.18 Å². The summed E-state index contributed by atoms with van der Waals surface area (Å²) in [6.45, 7) is 5.81. The van der Waals surface area contributed by atoms with Gasteiger partial charge in [-0.05, 0) is 112 Å². The molecule has 1 heterocycles. The molecule has 4 aliphatic rings. The van der Waals surface area contributed by atoms with E-state index >= 15 is 0 Å². The lowest BCUT2D eigenvalue weighted by atomic mass is 9.85. The first-order valence-electron chi connectivity index (χ1n) is 13.4. The number of hydrogen-bond donors (Lipinski definition) is 1. The summed E-state index contributed by atoms with van der Waals surface area (Å²) in [4.78, 5) is 13.9. The molecule has 5 rings (SSSR count). The van der Waals surface area contributed by atoms with Gasteiger partial charge in [0.15, 0.2) is 0 Å². The molecule has 3 nitrogen and oxygen atoms in total. The number of fused-ring (bicyclic) bond motifs is 2. The van der Waals surface area contributed by atoms with Crippen molar-refractivity contribution in [2.24, 2.45) is 17.8 Å². The normalized spacial score (nSPS) is 24.8. The van der Waals surface area contributed by atoms with Gasteiger partial charge < -0.3 is 10.2 Å². The first kappa shape index (κ1) is 23.5. The monoisotopic (exact) mass is 464 g/mol. The van der Waals surface area contributed by atoms with Gasteiger partial charge in [0.25, 0.3) is 0 Å². The standard InChI is InChI=1S/C30H39FN2O.H2/c1-21(34)32-20-22-8-9-23-6-4-7-26(18-27(23)17-22)24-12-15-33(16-13-24)14-3-2-5-25-10-11-30(31)29-19-28(25)29;/h7-11,17,24,28-29H,2-6,12-16,18-20H2,1H3,(H,32,34);1H. The molecular weight excluding hydrogens is 423 g/mol. The van der Waals surface area contributed by atoms with Gasteiger partial charge in [-0.3, -0.25) is 4.79 Å². The van der Waals surface area contributed by atoms with Gasteiger partial charge in [-0.2, -0.15) is 0 Å². The summed E-state index contributed by atoms with van der Waals surface area (Å²) < 4.78 is 13.6. The fourth-order valence-electron chi connectivity index (χ4n) is 6.24. The number of benzene rings is 1. The minimum Gasteiger partial charge on any atom is -0.352 e. The molecule has 2 atom stereocenters. The molecule has 0 radical (unpaired) electrons. The Kier molecular flexibility index (Phi) is 7.34. The zero-order chi connectivity index (χ0) is 23.5. The Labute approximate surface area is 205 Å². The van der Waals surface area contributed by atoms with Crippen molar-refractivity contribution in [1.82, 2.24) is 10.2 Å². The summed E-state index contributed by atoms with van der Waals surface area (Å²) in [5.41, 5.74) is 7.26. The predicted molar refractivity (Wildman–Crippen MR) is 138 cm³/mol. The van der Waals surface area contributed by atoms with Gasteiger partial charge in [0.05, 0.1) is 0 Å². The molecule has 184 valence electrons. The Morgan fingerprint density at radius 2 is 2.00 bits per heavy atom. The summed E-state index contributed by atoms with van der Waals surface area (Å²) in [6.07, 6.45) is 16.8. The molecular formula is C30H41FN2O. The highest BCUT2D eigenvalue weighted by Crippen LogP contribution is 2.52. The van der Waals surface area contributed by atoms with Crippen molar-refractivity contribution in [1.29, 1.82) is 0 Å². The highest BCUT2D eigenvalue weighted by Gasteiger charge is 2.44. The van der Waals surface area contributed by atoms with Crippen molar-refractivity contribution in [2.75, 3.05) is 19.6 Å². The molecule has 1 N–H and O–H groups in total. The zero-order valence-corrected chi connectivity index (χ0v) is 20.6. The predicted octanol–water partition coefficient (Wildman–Crippen LogP) is 6.30. The van der Waals surface area contributed by atoms with Gasteiger partial charge >= 0.3 is 0 Å². The molecule has 1 saturated heterocycles. The van der Waals surface area contributed by atoms with E-state index in [-0.39, 0.29) is 19.1 Å². The maximum atomic E-state index is 13.6. The fourth-order valence-corrected chi connectivity index (χ4v) is 6.24. The number of allylic oxidation sites excluding steroid dienone is 6. The van der Waals surface area contributed by atoms with E-state index in [1.165, 1.54) is 67.6 Å². The van der Waals surface area contributed by atoms with Crippen LogP contribution in [0.5, 0.6) is 0 Å². The Morgan fingerprint density at radius 1 is 1.15 bits per heavy atom. The van der Waals surface area contributed by atoms with Crippen LogP contribution in [0.1, 0.15) is 70.0 Å². The van der Waals surface area contributed by atoms with Crippen molar-refractivity contribution in [2.45, 2.75) is 71.3 Å². The van der Waals surface area contributed by atoms with E-state index in [1.54, 1.807) is 18.6 Å². The fraction of sp³-hybridized carbons (Fsp3) is 0.567. The molecule has 2 fully saturated rings. The first-order chi connectivity index (χ1) is 16.6. The maximum absolute atomic E-state index is 13.6. The van der Waals surface area contributed by atoms with Crippen molar-refractivity contribution in [3.63, 3.8) is 0 Å². The van der Waals surface area contributed by atoms with Gasteiger partial charge in [-0.15, -0.1) is 0 Å². The minimum absolute atomic E-state index is 0. The molecule has 1 aromatic carbocycles. The van der Waals surface area contributed by atoms with Crippen molar-refractivity contribution in [3.05, 3.63) is 70.1 Å². The van der Waals surface area contributed by atoms with Crippen LogP contribution in [0.4, 0.5) is 4.39 Å². The van der Waals surface area contributed by atoms with Gasteiger partial charge in [0.2, 0.25) is 5.91 Å². The van der Waals surface area contributed by atoms with Crippen LogP contribution in [-0.2, 0) is 24.2 Å². The van der Waals surface area contributed by atoms with E-state index in [4.69, 9.17) is 0 Å². The summed E-state index contributed by atoms with van der Waals surface area (Å²) in [5.74, 6) is 1.60. The lowest BCUT2D eigenvalue weighted by Crippen LogP contribution is -2.35. The average Bonchev–Trinajstić information content (AvgIpc) is 3.66. The van der Waals surface area contributed by atoms with Crippen LogP contribution < -0.4 is 5.32 Å². The zero-order valence-electron chi connectivity index (χ0n) is 20.6. The third-order valence-electron chi connectivity index (χ3n) is 8.41. The number of aryl methyl sites for hydroxylation is 1. The van der Waals surface area contributed by atoms with Gasteiger partial charge in [-0.25, -0.2) is 4.39 Å². The number of nitrogens with zero attached hydrogens (tertiary/aromatic N) is 1. The Morgan fingerprint density at radius 3 is 2.82 bits per heavy atom. The molecule has 3 aliphatic carbocycles. The van der Waals surface area contributed by atoms with Gasteiger partial charge in [0, 0.05) is 20.8 Å². The number of amides is 1. The molecule has 34 heavy (non-hydrogen) atoms. The SMILES string of the molecule is CC(=O)NCc1ccc2c(c1)CC(C1CCN(CCCCC3=CC=C(F)C4CC34)CC1)=CCC2.[HH]. The molecule has 1 saturated carbocycles. The van der Waals surface area contributed by atoms with Crippen LogP contribution in [-0.4, -0.2) is 30.4 Å². The molecule has 2 unspecified atom stereocenters. The van der Waals surface area contributed by atoms with Crippen molar-refractivity contribution >= 4 is 5.91 Å². The third kappa shape index (κ3) is 5.71. The maximum Gasteiger partial charge on any atom is 0.217 e. The molecule has 4 heteroatoms. The molecule has 1 aliphatic heterocycles. The number of rotatable bonds is 8. The van der Waals surface area contributed by atoms with E-state index in [2.05, 4.69) is 40.6 Å². The van der Waals surface area contributed by atoms with Crippen molar-refractivity contribution < 1.29 is 10.6 Å². The van der Waals surface area contributed by atoms with E-state index in [0.717, 1.165) is 32.1 Å². The van der Waals surface area contributed by atoms with E-state index < -0.39 is 0 Å². The largest absolute Gasteiger partial charge is 0.352 e.